The Hall–Kier alpha value is -2.70. The topological polar surface area (TPSA) is 103 Å². The zero-order valence-electron chi connectivity index (χ0n) is 16.0. The van der Waals surface area contributed by atoms with Crippen molar-refractivity contribution in [2.45, 2.75) is 24.3 Å². The minimum atomic E-state index is -4.20. The monoisotopic (exact) mass is 469 g/mol. The van der Waals surface area contributed by atoms with Gasteiger partial charge in [-0.05, 0) is 42.5 Å². The molecule has 8 nitrogen and oxygen atoms in total. The molecule has 31 heavy (non-hydrogen) atoms. The fraction of sp³-hybridized carbons (Fsp3) is 0.316. The highest BCUT2D eigenvalue weighted by atomic mass is 32.2. The van der Waals surface area contributed by atoms with Crippen LogP contribution in [0.2, 0.25) is 0 Å². The van der Waals surface area contributed by atoms with Gasteiger partial charge in [0.05, 0.1) is 5.92 Å². The molecule has 0 unspecified atom stereocenters. The summed E-state index contributed by atoms with van der Waals surface area (Å²) >= 11 is 1.49. The van der Waals surface area contributed by atoms with Gasteiger partial charge in [-0.25, -0.2) is 17.2 Å². The maximum absolute atomic E-state index is 13.9. The smallest absolute Gasteiger partial charge is 0.309 e. The van der Waals surface area contributed by atoms with E-state index in [1.165, 1.54) is 11.3 Å². The molecule has 0 spiro atoms. The van der Waals surface area contributed by atoms with Crippen LogP contribution in [-0.2, 0) is 26.2 Å². The van der Waals surface area contributed by atoms with Crippen molar-refractivity contribution in [2.75, 3.05) is 13.1 Å². The van der Waals surface area contributed by atoms with Crippen molar-refractivity contribution in [1.29, 1.82) is 0 Å². The maximum atomic E-state index is 13.9. The van der Waals surface area contributed by atoms with Crippen molar-refractivity contribution in [2.24, 2.45) is 5.92 Å². The molecular weight excluding hydrogens is 452 g/mol. The molecule has 0 bridgehead atoms. The number of aromatic nitrogens is 2. The molecule has 12 heteroatoms. The highest BCUT2D eigenvalue weighted by Gasteiger charge is 2.34. The quantitative estimate of drug-likeness (QED) is 0.511. The normalized spacial score (nSPS) is 15.8. The van der Waals surface area contributed by atoms with Crippen molar-refractivity contribution >= 4 is 27.3 Å². The van der Waals surface area contributed by atoms with Crippen LogP contribution in [0.15, 0.2) is 44.4 Å². The summed E-state index contributed by atoms with van der Waals surface area (Å²) in [5.41, 5.74) is 0.801. The standard InChI is InChI=1S/C19H17F2N3O5S2/c20-14-1-2-15(21)16(9-14)31(26,27)24-6-3-12(4-7-24)19(25)28-10-17-22-18(23-29-17)13-5-8-30-11-13/h1-2,5,8-9,11-12H,3-4,6-7,10H2. The molecule has 3 heterocycles. The number of carbonyl (C=O) groups excluding carboxylic acids is 1. The van der Waals surface area contributed by atoms with E-state index in [9.17, 15) is 22.0 Å². The molecule has 164 valence electrons. The summed E-state index contributed by atoms with van der Waals surface area (Å²) in [6, 6.07) is 4.11. The second-order valence-corrected chi connectivity index (χ2v) is 9.57. The number of carbonyl (C=O) groups is 1. The van der Waals surface area contributed by atoms with E-state index in [2.05, 4.69) is 10.1 Å². The summed E-state index contributed by atoms with van der Waals surface area (Å²) in [4.78, 5) is 15.8. The van der Waals surface area contributed by atoms with E-state index >= 15 is 0 Å². The van der Waals surface area contributed by atoms with Crippen LogP contribution >= 0.6 is 11.3 Å². The molecule has 0 aliphatic carbocycles. The second-order valence-electron chi connectivity index (χ2n) is 6.88. The fourth-order valence-electron chi connectivity index (χ4n) is 3.22. The van der Waals surface area contributed by atoms with Crippen molar-refractivity contribution in [3.05, 3.63) is 52.6 Å². The van der Waals surface area contributed by atoms with Crippen LogP contribution in [0, 0.1) is 17.6 Å². The zero-order valence-corrected chi connectivity index (χ0v) is 17.7. The summed E-state index contributed by atoms with van der Waals surface area (Å²) in [5, 5.41) is 7.56. The number of nitrogens with zero attached hydrogens (tertiary/aromatic N) is 3. The van der Waals surface area contributed by atoms with Gasteiger partial charge < -0.3 is 9.26 Å². The number of thiophene rings is 1. The van der Waals surface area contributed by atoms with Crippen LogP contribution < -0.4 is 0 Å². The van der Waals surface area contributed by atoms with Crippen molar-refractivity contribution in [3.8, 4) is 11.4 Å². The van der Waals surface area contributed by atoms with Crippen molar-refractivity contribution < 1.29 is 31.3 Å². The number of esters is 1. The largest absolute Gasteiger partial charge is 0.455 e. The van der Waals surface area contributed by atoms with Gasteiger partial charge in [-0.2, -0.15) is 20.6 Å². The summed E-state index contributed by atoms with van der Waals surface area (Å²) in [5.74, 6) is -2.36. The molecule has 0 radical (unpaired) electrons. The first kappa shape index (κ1) is 21.5. The Balaban J connectivity index is 1.32. The molecule has 0 saturated carbocycles. The lowest BCUT2D eigenvalue weighted by Gasteiger charge is -2.30. The molecule has 1 aliphatic rings. The minimum absolute atomic E-state index is 0.0130. The third-order valence-electron chi connectivity index (χ3n) is 4.88. The fourth-order valence-corrected chi connectivity index (χ4v) is 5.40. The first-order valence-corrected chi connectivity index (χ1v) is 11.7. The highest BCUT2D eigenvalue weighted by molar-refractivity contribution is 7.89. The number of sulfonamides is 1. The van der Waals surface area contributed by atoms with Crippen LogP contribution in [0.4, 0.5) is 8.78 Å². The Morgan fingerprint density at radius 3 is 2.74 bits per heavy atom. The van der Waals surface area contributed by atoms with Gasteiger partial charge in [-0.15, -0.1) is 0 Å². The van der Waals surface area contributed by atoms with Gasteiger partial charge in [0.15, 0.2) is 6.61 Å². The van der Waals surface area contributed by atoms with E-state index in [1.54, 1.807) is 0 Å². The van der Waals surface area contributed by atoms with Gasteiger partial charge in [-0.3, -0.25) is 4.79 Å². The van der Waals surface area contributed by atoms with Gasteiger partial charge in [0.1, 0.15) is 16.5 Å². The summed E-state index contributed by atoms with van der Waals surface area (Å²) in [6.07, 6.45) is 0.387. The average molecular weight is 469 g/mol. The minimum Gasteiger partial charge on any atom is -0.455 e. The molecule has 1 saturated heterocycles. The molecule has 1 aliphatic heterocycles. The number of hydrogen-bond donors (Lipinski definition) is 0. The molecule has 0 atom stereocenters. The summed E-state index contributed by atoms with van der Waals surface area (Å²) < 4.78 is 63.9. The van der Waals surface area contributed by atoms with E-state index in [1.807, 2.05) is 16.8 Å². The SMILES string of the molecule is O=C(OCc1nc(-c2ccsc2)no1)C1CCN(S(=O)(=O)c2cc(F)ccc2F)CC1. The number of piperidine rings is 1. The average Bonchev–Trinajstić information content (AvgIpc) is 3.45. The van der Waals surface area contributed by atoms with Crippen LogP contribution in [0.5, 0.6) is 0 Å². The number of hydrogen-bond acceptors (Lipinski definition) is 8. The van der Waals surface area contributed by atoms with Crippen LogP contribution in [0.1, 0.15) is 18.7 Å². The molecule has 2 aromatic heterocycles. The first-order chi connectivity index (χ1) is 14.8. The number of benzene rings is 1. The zero-order chi connectivity index (χ0) is 22.0. The van der Waals surface area contributed by atoms with Gasteiger partial charge >= 0.3 is 5.97 Å². The Labute approximate surface area is 180 Å². The molecular formula is C19H17F2N3O5S2. The number of halogens is 2. The van der Waals surface area contributed by atoms with E-state index in [0.717, 1.165) is 22.0 Å². The van der Waals surface area contributed by atoms with Crippen LogP contribution in [0.25, 0.3) is 11.4 Å². The van der Waals surface area contributed by atoms with Crippen molar-refractivity contribution in [1.82, 2.24) is 14.4 Å². The Bertz CT molecular complexity index is 1170. The van der Waals surface area contributed by atoms with E-state index in [-0.39, 0.29) is 38.4 Å². The number of rotatable bonds is 6. The summed E-state index contributed by atoms with van der Waals surface area (Å²) in [6.45, 7) is -0.217. The predicted octanol–water partition coefficient (Wildman–Crippen LogP) is 3.22. The van der Waals surface area contributed by atoms with E-state index in [0.29, 0.717) is 11.9 Å². The van der Waals surface area contributed by atoms with Crippen LogP contribution in [0.3, 0.4) is 0 Å². The Kier molecular flexibility index (Phi) is 6.12. The third kappa shape index (κ3) is 4.65. The van der Waals surface area contributed by atoms with Crippen molar-refractivity contribution in [3.63, 3.8) is 0 Å². The van der Waals surface area contributed by atoms with Gasteiger partial charge in [0, 0.05) is 24.0 Å². The lowest BCUT2D eigenvalue weighted by molar-refractivity contribution is -0.152. The number of ether oxygens (including phenoxy) is 1. The third-order valence-corrected chi connectivity index (χ3v) is 7.48. The molecule has 1 aromatic carbocycles. The summed E-state index contributed by atoms with van der Waals surface area (Å²) in [7, 11) is -4.20. The van der Waals surface area contributed by atoms with Gasteiger partial charge in [-0.1, -0.05) is 5.16 Å². The molecule has 4 rings (SSSR count). The molecule has 1 fully saturated rings. The van der Waals surface area contributed by atoms with Gasteiger partial charge in [0.2, 0.25) is 15.8 Å². The lowest BCUT2D eigenvalue weighted by Crippen LogP contribution is -2.40. The maximum Gasteiger partial charge on any atom is 0.309 e. The van der Waals surface area contributed by atoms with Crippen LogP contribution in [-0.4, -0.2) is 41.9 Å². The predicted molar refractivity (Wildman–Crippen MR) is 105 cm³/mol. The van der Waals surface area contributed by atoms with Gasteiger partial charge in [0.25, 0.3) is 5.89 Å². The Morgan fingerprint density at radius 2 is 2.03 bits per heavy atom. The Morgan fingerprint density at radius 1 is 1.26 bits per heavy atom. The second kappa shape index (κ2) is 8.81. The van der Waals surface area contributed by atoms with E-state index < -0.39 is 38.4 Å². The van der Waals surface area contributed by atoms with E-state index in [4.69, 9.17) is 9.26 Å². The lowest BCUT2D eigenvalue weighted by atomic mass is 9.98. The first-order valence-electron chi connectivity index (χ1n) is 9.31. The highest BCUT2D eigenvalue weighted by Crippen LogP contribution is 2.27. The molecule has 0 amide bonds. The molecule has 3 aromatic rings. The molecule has 0 N–H and O–H groups in total.